The number of nitrogens with zero attached hydrogens (tertiary/aromatic N) is 7. The van der Waals surface area contributed by atoms with Crippen LogP contribution in [-0.2, 0) is 23.7 Å². The zero-order chi connectivity index (χ0) is 29.9. The Balaban J connectivity index is 0.00000130. The smallest absolute Gasteiger partial charge is 0.309 e. The summed E-state index contributed by atoms with van der Waals surface area (Å²) in [4.78, 5) is 24.7. The Morgan fingerprint density at radius 2 is 1.95 bits per heavy atom. The van der Waals surface area contributed by atoms with Crippen molar-refractivity contribution in [3.05, 3.63) is 65.8 Å². The summed E-state index contributed by atoms with van der Waals surface area (Å²) in [5, 5.41) is 18.6. The fraction of sp³-hybridized carbons (Fsp3) is 0.467. The number of amides is 1. The number of carbonyl (C=O) groups is 1. The van der Waals surface area contributed by atoms with Crippen LogP contribution >= 0.6 is 0 Å². The Hall–Kier alpha value is -4.16. The molecular formula is C30H43N9O3. The molecule has 1 atom stereocenters. The number of fused-ring (bicyclic) bond motifs is 1. The Bertz CT molecular complexity index is 1530. The van der Waals surface area contributed by atoms with Gasteiger partial charge in [0, 0.05) is 46.4 Å². The molecule has 1 aromatic carbocycles. The number of rotatable bonds is 6. The van der Waals surface area contributed by atoms with Gasteiger partial charge in [0.05, 0.1) is 42.9 Å². The van der Waals surface area contributed by atoms with E-state index in [1.54, 1.807) is 17.1 Å². The monoisotopic (exact) mass is 577 g/mol. The lowest BCUT2D eigenvalue weighted by Crippen LogP contribution is -2.48. The lowest BCUT2D eigenvalue weighted by molar-refractivity contribution is -0.0678. The average Bonchev–Trinajstić information content (AvgIpc) is 3.57. The molecule has 2 N–H and O–H groups in total. The van der Waals surface area contributed by atoms with Crippen molar-refractivity contribution in [3.63, 3.8) is 0 Å². The van der Waals surface area contributed by atoms with E-state index in [1.165, 1.54) is 0 Å². The fourth-order valence-corrected chi connectivity index (χ4v) is 4.92. The number of hydrogen-bond donors (Lipinski definition) is 2. The molecule has 12 heteroatoms. The van der Waals surface area contributed by atoms with Crippen LogP contribution < -0.4 is 10.6 Å². The molecular weight excluding hydrogens is 534 g/mol. The van der Waals surface area contributed by atoms with Crippen molar-refractivity contribution in [2.24, 2.45) is 7.05 Å². The van der Waals surface area contributed by atoms with E-state index in [0.29, 0.717) is 17.9 Å². The van der Waals surface area contributed by atoms with E-state index in [9.17, 15) is 4.79 Å². The third kappa shape index (κ3) is 6.50. The Labute approximate surface area is 248 Å². The highest BCUT2D eigenvalue weighted by Crippen LogP contribution is 2.32. The Morgan fingerprint density at radius 3 is 2.62 bits per heavy atom. The summed E-state index contributed by atoms with van der Waals surface area (Å²) in [6.45, 7) is 12.9. The topological polar surface area (TPSA) is 136 Å². The summed E-state index contributed by atoms with van der Waals surface area (Å²) in [5.41, 5.74) is 4.45. The van der Waals surface area contributed by atoms with Gasteiger partial charge in [0.1, 0.15) is 0 Å². The van der Waals surface area contributed by atoms with Crippen LogP contribution in [0.2, 0.25) is 0 Å². The highest BCUT2D eigenvalue weighted by Gasteiger charge is 2.32. The van der Waals surface area contributed by atoms with E-state index in [-0.39, 0.29) is 26.1 Å². The van der Waals surface area contributed by atoms with Crippen molar-refractivity contribution in [2.75, 3.05) is 25.1 Å². The number of carbonyl (C=O) groups excluding carboxylic acids is 1. The molecule has 42 heavy (non-hydrogen) atoms. The van der Waals surface area contributed by atoms with Gasteiger partial charge in [-0.05, 0) is 29.7 Å². The maximum Gasteiger partial charge on any atom is 0.309 e. The highest BCUT2D eigenvalue weighted by molar-refractivity contribution is 5.89. The second-order valence-electron chi connectivity index (χ2n) is 11.3. The molecule has 2 aliphatic heterocycles. The van der Waals surface area contributed by atoms with Crippen LogP contribution in [0.4, 0.5) is 11.6 Å². The van der Waals surface area contributed by atoms with Gasteiger partial charge in [-0.3, -0.25) is 14.4 Å². The maximum absolute atomic E-state index is 13.2. The summed E-state index contributed by atoms with van der Waals surface area (Å²) in [6.07, 6.45) is 6.08. The summed E-state index contributed by atoms with van der Waals surface area (Å²) < 4.78 is 12.9. The molecule has 1 fully saturated rings. The molecule has 5 heterocycles. The number of anilines is 2. The number of hydrogen-bond acceptors (Lipinski definition) is 10. The van der Waals surface area contributed by atoms with Crippen molar-refractivity contribution in [2.45, 2.75) is 65.1 Å². The molecule has 4 aromatic rings. The first-order valence-electron chi connectivity index (χ1n) is 14.4. The van der Waals surface area contributed by atoms with E-state index in [2.05, 4.69) is 47.9 Å². The van der Waals surface area contributed by atoms with E-state index >= 15 is 0 Å². The zero-order valence-electron chi connectivity index (χ0n) is 25.1. The van der Waals surface area contributed by atoms with Gasteiger partial charge in [0.25, 0.3) is 0 Å². The van der Waals surface area contributed by atoms with Crippen LogP contribution in [0, 0.1) is 0 Å². The van der Waals surface area contributed by atoms with Gasteiger partial charge >= 0.3 is 11.8 Å². The maximum atomic E-state index is 13.2. The van der Waals surface area contributed by atoms with Crippen molar-refractivity contribution in [3.8, 4) is 11.3 Å². The SMILES string of the molecule is CC.Cn1cc(Nc2nccc(-c3ccc4c(c3)CN(C3COC3)CC[C@H]4NC(=O)c3nnc(C(C)(C)C)o3)n2)cn1.[HH].[HH]. The summed E-state index contributed by atoms with van der Waals surface area (Å²) in [5.74, 6) is 0.534. The van der Waals surface area contributed by atoms with Crippen LogP contribution in [0.1, 0.15) is 77.6 Å². The van der Waals surface area contributed by atoms with Gasteiger partial charge in [-0.1, -0.05) is 46.8 Å². The van der Waals surface area contributed by atoms with Crippen molar-refractivity contribution >= 4 is 17.5 Å². The van der Waals surface area contributed by atoms with Crippen molar-refractivity contribution < 1.29 is 16.8 Å². The van der Waals surface area contributed by atoms with Crippen LogP contribution in [0.25, 0.3) is 11.3 Å². The zero-order valence-corrected chi connectivity index (χ0v) is 25.1. The molecule has 2 aliphatic rings. The average molecular weight is 578 g/mol. The summed E-state index contributed by atoms with van der Waals surface area (Å²) in [6, 6.07) is 8.34. The molecule has 12 nitrogen and oxygen atoms in total. The predicted molar refractivity (Wildman–Crippen MR) is 162 cm³/mol. The van der Waals surface area contributed by atoms with Gasteiger partial charge in [-0.2, -0.15) is 5.10 Å². The van der Waals surface area contributed by atoms with Crippen LogP contribution in [-0.4, -0.2) is 66.6 Å². The predicted octanol–water partition coefficient (Wildman–Crippen LogP) is 4.90. The number of benzene rings is 1. The molecule has 0 spiro atoms. The minimum Gasteiger partial charge on any atom is -0.416 e. The lowest BCUT2D eigenvalue weighted by atomic mass is 9.96. The number of aromatic nitrogens is 6. The van der Waals surface area contributed by atoms with Gasteiger partial charge in [0.15, 0.2) is 0 Å². The van der Waals surface area contributed by atoms with E-state index in [4.69, 9.17) is 14.1 Å². The van der Waals surface area contributed by atoms with Crippen LogP contribution in [0.3, 0.4) is 0 Å². The minimum atomic E-state index is -0.370. The van der Waals surface area contributed by atoms with E-state index < -0.39 is 0 Å². The molecule has 0 saturated carbocycles. The first-order valence-corrected chi connectivity index (χ1v) is 14.4. The quantitative estimate of drug-likeness (QED) is 0.326. The number of aryl methyl sites for hydroxylation is 1. The molecule has 0 radical (unpaired) electrons. The number of ether oxygens (including phenoxy) is 1. The standard InChI is InChI=1S/C28H33N9O3.C2H6.2H2/c1-28(2,3)26-35-34-25(40-26)24(38)32-23-8-10-37(20-15-39-16-20)13-18-11-17(5-6-21(18)23)22-7-9-29-27(33-22)31-19-12-30-36(4)14-19;1-2;;/h5-7,9,11-12,14,20,23H,8,10,13,15-16H2,1-4H3,(H,32,38)(H,29,31,33);1-2H3;2*1H/t23-;;;/m1.../s1. The molecule has 0 unspecified atom stereocenters. The highest BCUT2D eigenvalue weighted by atomic mass is 16.5. The Kier molecular flexibility index (Phi) is 8.64. The molecule has 1 amide bonds. The molecule has 226 valence electrons. The van der Waals surface area contributed by atoms with Crippen molar-refractivity contribution in [1.29, 1.82) is 0 Å². The second kappa shape index (κ2) is 12.4. The van der Waals surface area contributed by atoms with E-state index in [0.717, 1.165) is 60.8 Å². The van der Waals surface area contributed by atoms with Gasteiger partial charge in [-0.25, -0.2) is 9.97 Å². The lowest BCUT2D eigenvalue weighted by Gasteiger charge is -2.36. The Morgan fingerprint density at radius 1 is 1.14 bits per heavy atom. The summed E-state index contributed by atoms with van der Waals surface area (Å²) >= 11 is 0. The van der Waals surface area contributed by atoms with Gasteiger partial charge < -0.3 is 19.8 Å². The van der Waals surface area contributed by atoms with Crippen LogP contribution in [0.5, 0.6) is 0 Å². The molecule has 0 aliphatic carbocycles. The fourth-order valence-electron chi connectivity index (χ4n) is 4.92. The molecule has 0 bridgehead atoms. The van der Waals surface area contributed by atoms with E-state index in [1.807, 2.05) is 60.0 Å². The summed E-state index contributed by atoms with van der Waals surface area (Å²) in [7, 11) is 1.86. The second-order valence-corrected chi connectivity index (χ2v) is 11.3. The first kappa shape index (κ1) is 29.3. The van der Waals surface area contributed by atoms with Crippen molar-refractivity contribution in [1.82, 2.24) is 40.2 Å². The largest absolute Gasteiger partial charge is 0.416 e. The third-order valence-electron chi connectivity index (χ3n) is 7.21. The normalized spacial score (nSPS) is 17.3. The van der Waals surface area contributed by atoms with Gasteiger partial charge in [-0.15, -0.1) is 10.2 Å². The van der Waals surface area contributed by atoms with Gasteiger partial charge in [0.2, 0.25) is 11.8 Å². The first-order chi connectivity index (χ1) is 20.2. The molecule has 3 aromatic heterocycles. The molecule has 1 saturated heterocycles. The van der Waals surface area contributed by atoms with Crippen LogP contribution in [0.15, 0.2) is 47.3 Å². The minimum absolute atomic E-state index is 0. The number of nitrogens with one attached hydrogen (secondary N) is 2. The third-order valence-corrected chi connectivity index (χ3v) is 7.21. The molecule has 6 rings (SSSR count).